The number of aromatic nitrogens is 1. The summed E-state index contributed by atoms with van der Waals surface area (Å²) in [5.74, 6) is 0.149. The van der Waals surface area contributed by atoms with E-state index in [4.69, 9.17) is 4.74 Å². The van der Waals surface area contributed by atoms with Crippen molar-refractivity contribution < 1.29 is 14.3 Å². The van der Waals surface area contributed by atoms with Gasteiger partial charge < -0.3 is 9.64 Å². The summed E-state index contributed by atoms with van der Waals surface area (Å²) in [7, 11) is 0. The number of amides is 1. The van der Waals surface area contributed by atoms with Crippen molar-refractivity contribution in [3.05, 3.63) is 81.8 Å². The van der Waals surface area contributed by atoms with Crippen molar-refractivity contribution in [2.45, 2.75) is 23.6 Å². The van der Waals surface area contributed by atoms with E-state index in [2.05, 4.69) is 11.1 Å². The smallest absolute Gasteiger partial charge is 0.338 e. The standard InChI is InChI=1S/C22H20N2O3S2/c25-21(24-10-9-16-3-1-2-4-18(16)11-24)12-27-22(26)17-5-7-20(8-6-17)29-14-19-13-28-15-23-19/h1-8,13,15H,9-12,14H2. The van der Waals surface area contributed by atoms with Crippen molar-refractivity contribution >= 4 is 35.0 Å². The van der Waals surface area contributed by atoms with Gasteiger partial charge in [-0.25, -0.2) is 9.78 Å². The van der Waals surface area contributed by atoms with Gasteiger partial charge in [-0.3, -0.25) is 4.79 Å². The van der Waals surface area contributed by atoms with Crippen LogP contribution in [0.5, 0.6) is 0 Å². The summed E-state index contributed by atoms with van der Waals surface area (Å²) in [6, 6.07) is 15.4. The zero-order chi connectivity index (χ0) is 20.1. The first kappa shape index (κ1) is 19.7. The van der Waals surface area contributed by atoms with Crippen LogP contribution >= 0.6 is 23.1 Å². The van der Waals surface area contributed by atoms with Crippen molar-refractivity contribution in [3.8, 4) is 0 Å². The predicted molar refractivity (Wildman–Crippen MR) is 114 cm³/mol. The van der Waals surface area contributed by atoms with E-state index < -0.39 is 5.97 Å². The van der Waals surface area contributed by atoms with Gasteiger partial charge in [-0.15, -0.1) is 23.1 Å². The number of hydrogen-bond donors (Lipinski definition) is 0. The quantitative estimate of drug-likeness (QED) is 0.439. The highest BCUT2D eigenvalue weighted by molar-refractivity contribution is 7.98. The van der Waals surface area contributed by atoms with Gasteiger partial charge >= 0.3 is 5.97 Å². The summed E-state index contributed by atoms with van der Waals surface area (Å²) in [5.41, 5.74) is 5.74. The maximum absolute atomic E-state index is 12.4. The molecule has 2 heterocycles. The van der Waals surface area contributed by atoms with Gasteiger partial charge in [-0.2, -0.15) is 0 Å². The molecule has 0 saturated heterocycles. The van der Waals surface area contributed by atoms with Crippen molar-refractivity contribution in [2.75, 3.05) is 13.2 Å². The molecular formula is C22H20N2O3S2. The van der Waals surface area contributed by atoms with Gasteiger partial charge in [0.05, 0.1) is 16.8 Å². The lowest BCUT2D eigenvalue weighted by Gasteiger charge is -2.28. The monoisotopic (exact) mass is 424 g/mol. The fraction of sp³-hybridized carbons (Fsp3) is 0.227. The number of nitrogens with zero attached hydrogens (tertiary/aromatic N) is 2. The lowest BCUT2D eigenvalue weighted by Crippen LogP contribution is -2.38. The number of rotatable bonds is 6. The fourth-order valence-electron chi connectivity index (χ4n) is 3.16. The zero-order valence-electron chi connectivity index (χ0n) is 15.7. The summed E-state index contributed by atoms with van der Waals surface area (Å²) >= 11 is 3.24. The van der Waals surface area contributed by atoms with Gasteiger partial charge in [0, 0.05) is 29.1 Å². The Labute approximate surface area is 177 Å². The van der Waals surface area contributed by atoms with Crippen LogP contribution in [-0.2, 0) is 28.2 Å². The van der Waals surface area contributed by atoms with Crippen molar-refractivity contribution in [2.24, 2.45) is 0 Å². The predicted octanol–water partition coefficient (Wildman–Crippen LogP) is 4.18. The molecule has 0 fully saturated rings. The summed E-state index contributed by atoms with van der Waals surface area (Å²) in [4.78, 5) is 31.8. The highest BCUT2D eigenvalue weighted by Gasteiger charge is 2.21. The Balaban J connectivity index is 1.26. The molecule has 0 aliphatic carbocycles. The Kier molecular flexibility index (Phi) is 6.27. The fourth-order valence-corrected chi connectivity index (χ4v) is 4.63. The first-order chi connectivity index (χ1) is 14.2. The van der Waals surface area contributed by atoms with Crippen LogP contribution in [0.25, 0.3) is 0 Å². The first-order valence-corrected chi connectivity index (χ1v) is 11.2. The third-order valence-corrected chi connectivity index (χ3v) is 6.45. The second kappa shape index (κ2) is 9.24. The molecule has 0 atom stereocenters. The minimum atomic E-state index is -0.480. The molecule has 29 heavy (non-hydrogen) atoms. The van der Waals surface area contributed by atoms with Crippen LogP contribution in [0, 0.1) is 0 Å². The second-order valence-electron chi connectivity index (χ2n) is 6.70. The van der Waals surface area contributed by atoms with Crippen molar-refractivity contribution in [1.29, 1.82) is 0 Å². The molecule has 4 rings (SSSR count). The van der Waals surface area contributed by atoms with E-state index in [0.29, 0.717) is 18.7 Å². The lowest BCUT2D eigenvalue weighted by molar-refractivity contribution is -0.135. The summed E-state index contributed by atoms with van der Waals surface area (Å²) in [5, 5.41) is 2.02. The zero-order valence-corrected chi connectivity index (χ0v) is 17.4. The maximum Gasteiger partial charge on any atom is 0.338 e. The third kappa shape index (κ3) is 5.05. The van der Waals surface area contributed by atoms with Crippen LogP contribution in [-0.4, -0.2) is 34.9 Å². The minimum absolute atomic E-state index is 0.164. The highest BCUT2D eigenvalue weighted by atomic mass is 32.2. The number of carbonyl (C=O) groups excluding carboxylic acids is 2. The molecule has 1 amide bonds. The number of carbonyl (C=O) groups is 2. The minimum Gasteiger partial charge on any atom is -0.452 e. The molecule has 0 spiro atoms. The average molecular weight is 425 g/mol. The SMILES string of the molecule is O=C(OCC(=O)N1CCc2ccccc2C1)c1ccc(SCc2cscn2)cc1. The lowest BCUT2D eigenvalue weighted by atomic mass is 10.00. The van der Waals surface area contributed by atoms with Crippen LogP contribution in [0.2, 0.25) is 0 Å². The number of hydrogen-bond acceptors (Lipinski definition) is 6. The van der Waals surface area contributed by atoms with Gasteiger partial charge in [0.2, 0.25) is 0 Å². The number of esters is 1. The summed E-state index contributed by atoms with van der Waals surface area (Å²) in [6.45, 7) is 0.983. The number of thiazole rings is 1. The molecule has 1 aromatic heterocycles. The molecule has 5 nitrogen and oxygen atoms in total. The van der Waals surface area contributed by atoms with E-state index in [9.17, 15) is 9.59 Å². The van der Waals surface area contributed by atoms with E-state index in [-0.39, 0.29) is 12.5 Å². The summed E-state index contributed by atoms with van der Waals surface area (Å²) < 4.78 is 5.24. The highest BCUT2D eigenvalue weighted by Crippen LogP contribution is 2.23. The topological polar surface area (TPSA) is 59.5 Å². The van der Waals surface area contributed by atoms with Crippen LogP contribution in [0.1, 0.15) is 27.2 Å². The normalized spacial score (nSPS) is 13.0. The number of benzene rings is 2. The van der Waals surface area contributed by atoms with Crippen LogP contribution < -0.4 is 0 Å². The van der Waals surface area contributed by atoms with Crippen molar-refractivity contribution in [1.82, 2.24) is 9.88 Å². The molecule has 0 unspecified atom stereocenters. The first-order valence-electron chi connectivity index (χ1n) is 9.30. The van der Waals surface area contributed by atoms with Crippen LogP contribution in [0.15, 0.2) is 64.3 Å². The second-order valence-corrected chi connectivity index (χ2v) is 8.47. The molecule has 3 aromatic rings. The summed E-state index contributed by atoms with van der Waals surface area (Å²) in [6.07, 6.45) is 0.829. The molecule has 0 N–H and O–H groups in total. The third-order valence-electron chi connectivity index (χ3n) is 4.77. The van der Waals surface area contributed by atoms with E-state index in [1.54, 1.807) is 40.1 Å². The van der Waals surface area contributed by atoms with Gasteiger partial charge in [0.1, 0.15) is 0 Å². The van der Waals surface area contributed by atoms with Gasteiger partial charge in [-0.05, 0) is 41.8 Å². The number of thioether (sulfide) groups is 1. The Hall–Kier alpha value is -2.64. The number of fused-ring (bicyclic) bond motifs is 1. The molecule has 1 aliphatic rings. The van der Waals surface area contributed by atoms with Gasteiger partial charge in [-0.1, -0.05) is 24.3 Å². The van der Waals surface area contributed by atoms with Gasteiger partial charge in [0.25, 0.3) is 5.91 Å². The Morgan fingerprint density at radius 1 is 1.10 bits per heavy atom. The molecule has 148 valence electrons. The molecule has 1 aliphatic heterocycles. The van der Waals surface area contributed by atoms with E-state index in [1.165, 1.54) is 5.56 Å². The van der Waals surface area contributed by atoms with E-state index >= 15 is 0 Å². The van der Waals surface area contributed by atoms with Gasteiger partial charge in [0.15, 0.2) is 6.61 Å². The van der Waals surface area contributed by atoms with Crippen molar-refractivity contribution in [3.63, 3.8) is 0 Å². The molecule has 2 aromatic carbocycles. The Morgan fingerprint density at radius 3 is 2.66 bits per heavy atom. The molecular weight excluding hydrogens is 404 g/mol. The number of ether oxygens (including phenoxy) is 1. The molecule has 0 bridgehead atoms. The van der Waals surface area contributed by atoms with Crippen LogP contribution in [0.3, 0.4) is 0 Å². The Bertz CT molecular complexity index is 988. The van der Waals surface area contributed by atoms with E-state index in [0.717, 1.165) is 28.3 Å². The maximum atomic E-state index is 12.4. The largest absolute Gasteiger partial charge is 0.452 e. The van der Waals surface area contributed by atoms with E-state index in [1.807, 2.05) is 41.2 Å². The average Bonchev–Trinajstić information content (AvgIpc) is 3.29. The molecule has 7 heteroatoms. The molecule has 0 saturated carbocycles. The molecule has 0 radical (unpaired) electrons. The van der Waals surface area contributed by atoms with Crippen LogP contribution in [0.4, 0.5) is 0 Å². The Morgan fingerprint density at radius 2 is 1.90 bits per heavy atom.